The number of anilines is 2. The monoisotopic (exact) mass is 444 g/mol. The van der Waals surface area contributed by atoms with Gasteiger partial charge in [0.05, 0.1) is 17.8 Å². The third kappa shape index (κ3) is 3.18. The van der Waals surface area contributed by atoms with Gasteiger partial charge in [0.2, 0.25) is 5.95 Å². The van der Waals surface area contributed by atoms with Crippen molar-refractivity contribution in [3.63, 3.8) is 0 Å². The van der Waals surface area contributed by atoms with Gasteiger partial charge in [0.1, 0.15) is 5.82 Å². The van der Waals surface area contributed by atoms with Crippen LogP contribution in [0.2, 0.25) is 0 Å². The first-order valence-electron chi connectivity index (χ1n) is 9.31. The summed E-state index contributed by atoms with van der Waals surface area (Å²) in [5, 5.41) is 9.66. The molecule has 2 aliphatic heterocycles. The minimum Gasteiger partial charge on any atom is -0.364 e. The van der Waals surface area contributed by atoms with Crippen LogP contribution < -0.4 is 10.2 Å². The molecule has 8 heteroatoms. The summed E-state index contributed by atoms with van der Waals surface area (Å²) < 4.78 is 3.04. The van der Waals surface area contributed by atoms with E-state index in [9.17, 15) is 0 Å². The van der Waals surface area contributed by atoms with Crippen LogP contribution in [0, 0.1) is 0 Å². The van der Waals surface area contributed by atoms with E-state index in [-0.39, 0.29) is 0 Å². The molecule has 1 aromatic carbocycles. The average molecular weight is 445 g/mol. The fourth-order valence-corrected chi connectivity index (χ4v) is 5.75. The first-order valence-corrected chi connectivity index (χ1v) is 11.2. The predicted octanol–water partition coefficient (Wildman–Crippen LogP) is 3.91. The fraction of sp³-hybridized carbons (Fsp3) is 0.421. The van der Waals surface area contributed by atoms with Crippen LogP contribution in [0.3, 0.4) is 0 Å². The summed E-state index contributed by atoms with van der Waals surface area (Å²) in [7, 11) is 0. The Kier molecular flexibility index (Phi) is 4.47. The van der Waals surface area contributed by atoms with Gasteiger partial charge in [-0.2, -0.15) is 21.8 Å². The standard InChI is InChI=1S/C19H21BrN6S/c1-2-26-13(5-6-22-26)9-21-18-16-4-3-12(20)7-17(16)23-19(24-18)25-10-15-8-14(25)11-27-15/h3-7,14-15H,2,8-11H2,1H3,(H,21,23,24)/t14-,15-/m0/s1. The van der Waals surface area contributed by atoms with Crippen LogP contribution in [0.15, 0.2) is 34.9 Å². The van der Waals surface area contributed by atoms with E-state index < -0.39 is 0 Å². The smallest absolute Gasteiger partial charge is 0.228 e. The van der Waals surface area contributed by atoms with Crippen molar-refractivity contribution < 1.29 is 0 Å². The quantitative estimate of drug-likeness (QED) is 0.643. The van der Waals surface area contributed by atoms with Crippen LogP contribution in [0.25, 0.3) is 10.9 Å². The fourth-order valence-electron chi connectivity index (χ4n) is 3.97. The topological polar surface area (TPSA) is 58.9 Å². The number of aryl methyl sites for hydroxylation is 1. The van der Waals surface area contributed by atoms with Crippen molar-refractivity contribution in [1.82, 2.24) is 19.7 Å². The second-order valence-electron chi connectivity index (χ2n) is 7.02. The minimum absolute atomic E-state index is 0.568. The molecule has 27 heavy (non-hydrogen) atoms. The lowest BCUT2D eigenvalue weighted by Crippen LogP contribution is -2.35. The van der Waals surface area contributed by atoms with Gasteiger partial charge in [-0.3, -0.25) is 4.68 Å². The van der Waals surface area contributed by atoms with Crippen molar-refractivity contribution in [2.24, 2.45) is 0 Å². The summed E-state index contributed by atoms with van der Waals surface area (Å²) in [5.74, 6) is 2.92. The molecule has 6 nitrogen and oxygen atoms in total. The highest BCUT2D eigenvalue weighted by Crippen LogP contribution is 2.40. The zero-order valence-electron chi connectivity index (χ0n) is 15.1. The summed E-state index contributed by atoms with van der Waals surface area (Å²) in [5.41, 5.74) is 2.12. The van der Waals surface area contributed by atoms with Gasteiger partial charge in [-0.1, -0.05) is 15.9 Å². The maximum Gasteiger partial charge on any atom is 0.228 e. The number of nitrogens with one attached hydrogen (secondary N) is 1. The Morgan fingerprint density at radius 2 is 2.22 bits per heavy atom. The molecule has 2 bridgehead atoms. The molecule has 0 unspecified atom stereocenters. The summed E-state index contributed by atoms with van der Waals surface area (Å²) in [4.78, 5) is 12.2. The lowest BCUT2D eigenvalue weighted by Gasteiger charge is -2.27. The van der Waals surface area contributed by atoms with E-state index >= 15 is 0 Å². The van der Waals surface area contributed by atoms with Gasteiger partial charge < -0.3 is 10.2 Å². The molecule has 3 aromatic rings. The van der Waals surface area contributed by atoms with E-state index in [4.69, 9.17) is 9.97 Å². The van der Waals surface area contributed by atoms with Gasteiger partial charge in [-0.25, -0.2) is 4.98 Å². The number of rotatable bonds is 5. The summed E-state index contributed by atoms with van der Waals surface area (Å²) in [6.45, 7) is 4.71. The van der Waals surface area contributed by atoms with Crippen molar-refractivity contribution in [2.45, 2.75) is 37.7 Å². The van der Waals surface area contributed by atoms with E-state index in [2.05, 4.69) is 62.1 Å². The molecule has 0 spiro atoms. The van der Waals surface area contributed by atoms with Crippen LogP contribution in [-0.2, 0) is 13.1 Å². The molecule has 2 aromatic heterocycles. The second kappa shape index (κ2) is 6.98. The van der Waals surface area contributed by atoms with Gasteiger partial charge in [0, 0.05) is 46.2 Å². The highest BCUT2D eigenvalue weighted by molar-refractivity contribution is 9.10. The molecule has 2 aliphatic rings. The molecular weight excluding hydrogens is 424 g/mol. The van der Waals surface area contributed by atoms with Gasteiger partial charge in [-0.05, 0) is 37.6 Å². The molecule has 2 saturated heterocycles. The Labute approximate surface area is 170 Å². The van der Waals surface area contributed by atoms with E-state index in [1.807, 2.05) is 23.0 Å². The lowest BCUT2D eigenvalue weighted by molar-refractivity contribution is 0.627. The number of nitrogens with zero attached hydrogens (tertiary/aromatic N) is 5. The lowest BCUT2D eigenvalue weighted by atomic mass is 10.2. The maximum atomic E-state index is 4.94. The summed E-state index contributed by atoms with van der Waals surface area (Å²) in [6.07, 6.45) is 3.10. The average Bonchev–Trinajstić information content (AvgIpc) is 3.41. The Morgan fingerprint density at radius 3 is 3.00 bits per heavy atom. The molecule has 0 amide bonds. The molecule has 5 rings (SSSR count). The van der Waals surface area contributed by atoms with E-state index in [1.54, 1.807) is 0 Å². The van der Waals surface area contributed by atoms with Crippen LogP contribution in [-0.4, -0.2) is 43.3 Å². The largest absolute Gasteiger partial charge is 0.364 e. The van der Waals surface area contributed by atoms with Gasteiger partial charge in [0.25, 0.3) is 0 Å². The zero-order chi connectivity index (χ0) is 18.4. The number of benzene rings is 1. The van der Waals surface area contributed by atoms with E-state index in [0.717, 1.165) is 51.2 Å². The van der Waals surface area contributed by atoms with Gasteiger partial charge in [0.15, 0.2) is 0 Å². The number of aromatic nitrogens is 4. The Morgan fingerprint density at radius 1 is 1.30 bits per heavy atom. The van der Waals surface area contributed by atoms with Crippen molar-refractivity contribution in [1.29, 1.82) is 0 Å². The number of fused-ring (bicyclic) bond motifs is 3. The molecule has 1 N–H and O–H groups in total. The minimum atomic E-state index is 0.568. The second-order valence-corrected chi connectivity index (χ2v) is 9.27. The van der Waals surface area contributed by atoms with E-state index in [0.29, 0.717) is 12.6 Å². The highest BCUT2D eigenvalue weighted by Gasteiger charge is 2.40. The summed E-state index contributed by atoms with van der Waals surface area (Å²) in [6, 6.07) is 8.81. The van der Waals surface area contributed by atoms with Gasteiger partial charge in [-0.15, -0.1) is 0 Å². The SMILES string of the molecule is CCn1nccc1CNc1nc(N2C[C@@H]3C[C@H]2CS3)nc2cc(Br)ccc12. The van der Waals surface area contributed by atoms with Crippen LogP contribution >= 0.6 is 27.7 Å². The molecule has 0 radical (unpaired) electrons. The highest BCUT2D eigenvalue weighted by atomic mass is 79.9. The van der Waals surface area contributed by atoms with Crippen LogP contribution in [0.5, 0.6) is 0 Å². The molecule has 0 saturated carbocycles. The molecule has 2 atom stereocenters. The third-order valence-corrected chi connectivity index (χ3v) is 7.23. The predicted molar refractivity (Wildman–Crippen MR) is 114 cm³/mol. The number of hydrogen-bond acceptors (Lipinski definition) is 6. The number of thioether (sulfide) groups is 1. The number of hydrogen-bond donors (Lipinski definition) is 1. The maximum absolute atomic E-state index is 4.94. The molecule has 4 heterocycles. The molecule has 2 fully saturated rings. The van der Waals surface area contributed by atoms with Crippen molar-refractivity contribution >= 4 is 50.4 Å². The van der Waals surface area contributed by atoms with Gasteiger partial charge >= 0.3 is 0 Å². The van der Waals surface area contributed by atoms with E-state index in [1.165, 1.54) is 12.2 Å². The molecule has 140 valence electrons. The Hall–Kier alpha value is -1.80. The normalized spacial score (nSPS) is 21.3. The van der Waals surface area contributed by atoms with Crippen molar-refractivity contribution in [2.75, 3.05) is 22.5 Å². The van der Waals surface area contributed by atoms with Crippen molar-refractivity contribution in [3.05, 3.63) is 40.6 Å². The first kappa shape index (κ1) is 17.3. The Balaban J connectivity index is 1.51. The zero-order valence-corrected chi connectivity index (χ0v) is 17.5. The van der Waals surface area contributed by atoms with Crippen LogP contribution in [0.4, 0.5) is 11.8 Å². The van der Waals surface area contributed by atoms with Crippen molar-refractivity contribution in [3.8, 4) is 0 Å². The Bertz CT molecular complexity index is 989. The molecular formula is C19H21BrN6S. The third-order valence-electron chi connectivity index (χ3n) is 5.35. The summed E-state index contributed by atoms with van der Waals surface area (Å²) >= 11 is 5.66. The molecule has 0 aliphatic carbocycles. The first-order chi connectivity index (χ1) is 13.2. The van der Waals surface area contributed by atoms with Crippen LogP contribution in [0.1, 0.15) is 19.0 Å². The number of halogens is 1.